The number of hydrogen-bond donors (Lipinski definition) is 2. The summed E-state index contributed by atoms with van der Waals surface area (Å²) in [5.74, 6) is 13.8. The number of benzene rings is 4. The third kappa shape index (κ3) is 12.0. The van der Waals surface area contributed by atoms with Crippen LogP contribution in [0.3, 0.4) is 0 Å². The Morgan fingerprint density at radius 3 is 0.764 bits per heavy atom. The van der Waals surface area contributed by atoms with Crippen LogP contribution in [-0.4, -0.2) is 52.2 Å². The highest BCUT2D eigenvalue weighted by atomic mass is 28.3. The molecule has 0 fully saturated rings. The fourth-order valence-corrected chi connectivity index (χ4v) is 10.4. The average Bonchev–Trinajstić information content (AvgIpc) is 4.18. The van der Waals surface area contributed by atoms with Crippen LogP contribution in [0.1, 0.15) is 45.0 Å². The molecule has 2 aliphatic heterocycles. The molecule has 0 radical (unpaired) electrons. The van der Waals surface area contributed by atoms with Gasteiger partial charge in [-0.3, -0.25) is 0 Å². The molecule has 4 nitrogen and oxygen atoms in total. The molecule has 0 atom stereocenters. The second-order valence-electron chi connectivity index (χ2n) is 22.8. The lowest BCUT2D eigenvalue weighted by atomic mass is 10.0. The Morgan fingerprint density at radius 2 is 0.500 bits per heavy atom. The van der Waals surface area contributed by atoms with E-state index in [1.54, 1.807) is 0 Å². The van der Waals surface area contributed by atoms with Crippen LogP contribution >= 0.6 is 0 Å². The lowest BCUT2D eigenvalue weighted by Crippen LogP contribution is -2.16. The monoisotopic (exact) mass is 998 g/mol. The van der Waals surface area contributed by atoms with Crippen molar-refractivity contribution in [1.82, 2.24) is 19.9 Å². The average molecular weight is 1000 g/mol. The fraction of sp³-hybridized carbons (Fsp3) is 0.188. The van der Waals surface area contributed by atoms with E-state index in [9.17, 15) is 0 Å². The van der Waals surface area contributed by atoms with Gasteiger partial charge in [-0.2, -0.15) is 0 Å². The summed E-state index contributed by atoms with van der Waals surface area (Å²) in [4.78, 5) is 18.9. The van der Waals surface area contributed by atoms with Gasteiger partial charge in [0, 0.05) is 66.6 Å². The van der Waals surface area contributed by atoms with Crippen LogP contribution < -0.4 is 0 Å². The first-order valence-electron chi connectivity index (χ1n) is 24.8. The minimum absolute atomic E-state index is 0.836. The molecule has 0 unspecified atom stereocenters. The number of aromatic nitrogens is 4. The van der Waals surface area contributed by atoms with E-state index in [4.69, 9.17) is 9.97 Å². The van der Waals surface area contributed by atoms with Crippen molar-refractivity contribution in [1.29, 1.82) is 0 Å². The number of nitrogens with zero attached hydrogens (tertiary/aromatic N) is 2. The number of aromatic amines is 2. The van der Waals surface area contributed by atoms with Crippen LogP contribution in [0.2, 0.25) is 78.6 Å². The van der Waals surface area contributed by atoms with Gasteiger partial charge in [-0.15, -0.1) is 22.2 Å². The fourth-order valence-electron chi connectivity index (χ4n) is 8.34. The summed E-state index contributed by atoms with van der Waals surface area (Å²) in [5.41, 5.74) is 33.5. The van der Waals surface area contributed by atoms with Gasteiger partial charge in [0.2, 0.25) is 0 Å². The summed E-state index contributed by atoms with van der Waals surface area (Å²) < 4.78 is 0. The maximum Gasteiger partial charge on any atom is 0.129 e. The molecule has 2 N–H and O–H groups in total. The minimum atomic E-state index is -1.57. The van der Waals surface area contributed by atoms with E-state index in [1.807, 2.05) is 0 Å². The first-order valence-corrected chi connectivity index (χ1v) is 38.8. The van der Waals surface area contributed by atoms with Gasteiger partial charge in [0.15, 0.2) is 0 Å². The third-order valence-corrected chi connectivity index (χ3v) is 15.3. The summed E-state index contributed by atoms with van der Waals surface area (Å²) in [5, 5.41) is 0. The number of fused-ring (bicyclic) bond motifs is 8. The van der Waals surface area contributed by atoms with Crippen LogP contribution in [0.4, 0.5) is 0 Å². The Labute approximate surface area is 431 Å². The Kier molecular flexibility index (Phi) is 13.5. The summed E-state index contributed by atoms with van der Waals surface area (Å²) >= 11 is 0. The zero-order valence-electron chi connectivity index (χ0n) is 43.8. The number of rotatable bonds is 4. The van der Waals surface area contributed by atoms with E-state index in [0.29, 0.717) is 0 Å². The molecule has 0 saturated heterocycles. The zero-order valence-corrected chi connectivity index (χ0v) is 47.8. The predicted octanol–water partition coefficient (Wildman–Crippen LogP) is 16.2. The molecule has 8 bridgehead atoms. The molecular formula is C64H62N4Si4. The normalized spacial score (nSPS) is 12.2. The summed E-state index contributed by atoms with van der Waals surface area (Å²) in [6, 6.07) is 43.3. The first-order chi connectivity index (χ1) is 34.1. The second-order valence-corrected chi connectivity index (χ2v) is 41.8. The molecule has 4 aromatic carbocycles. The highest BCUT2D eigenvalue weighted by molar-refractivity contribution is 6.85. The smallest absolute Gasteiger partial charge is 0.129 e. The van der Waals surface area contributed by atoms with Crippen molar-refractivity contribution in [2.45, 2.75) is 78.6 Å². The molecule has 72 heavy (non-hydrogen) atoms. The zero-order chi connectivity index (χ0) is 51.0. The van der Waals surface area contributed by atoms with Gasteiger partial charge in [-0.05, 0) is 119 Å². The molecular weight excluding hydrogens is 937 g/mol. The number of hydrogen-bond acceptors (Lipinski definition) is 2. The maximum atomic E-state index is 5.54. The second kappa shape index (κ2) is 19.7. The van der Waals surface area contributed by atoms with Crippen molar-refractivity contribution in [3.8, 4) is 90.4 Å². The van der Waals surface area contributed by atoms with Crippen molar-refractivity contribution in [3.05, 3.63) is 166 Å². The van der Waals surface area contributed by atoms with Crippen LogP contribution in [0.5, 0.6) is 0 Å². The van der Waals surface area contributed by atoms with E-state index < -0.39 is 32.3 Å². The van der Waals surface area contributed by atoms with Crippen LogP contribution in [0.25, 0.3) is 90.9 Å². The van der Waals surface area contributed by atoms with Crippen molar-refractivity contribution in [2.24, 2.45) is 0 Å². The Balaban J connectivity index is 1.37. The quantitative estimate of drug-likeness (QED) is 0.136. The molecule has 0 amide bonds. The largest absolute Gasteiger partial charge is 0.354 e. The maximum absolute atomic E-state index is 5.54. The third-order valence-electron chi connectivity index (χ3n) is 11.8. The SMILES string of the molecule is C[Si](C)(C)C#Cc1ccc(-c2c3nc(c(-c4ccc(C#C[Si](C)(C)C)cc4)c4ccc([nH]4)c(-c4ccc(C#C[Si](C)(C)C)cc4)c4ccc([nH]4)c(-c4ccc(C#C[Si](C)(C)C)cc4)c4nc2C=C4)C=C3)cc1. The van der Waals surface area contributed by atoms with Gasteiger partial charge in [-0.1, -0.05) is 151 Å². The Morgan fingerprint density at radius 1 is 0.278 bits per heavy atom. The van der Waals surface area contributed by atoms with Gasteiger partial charge in [0.25, 0.3) is 0 Å². The van der Waals surface area contributed by atoms with E-state index in [1.165, 1.54) is 0 Å². The van der Waals surface area contributed by atoms with Crippen LogP contribution in [0.15, 0.2) is 121 Å². The molecule has 2 aliphatic rings. The van der Waals surface area contributed by atoms with Crippen LogP contribution in [0, 0.1) is 45.9 Å². The summed E-state index contributed by atoms with van der Waals surface area (Å²) in [7, 11) is -6.28. The first kappa shape index (κ1) is 49.6. The summed E-state index contributed by atoms with van der Waals surface area (Å²) in [6.45, 7) is 27.3. The number of H-pyrrole nitrogens is 2. The molecule has 0 saturated carbocycles. The van der Waals surface area contributed by atoms with Crippen molar-refractivity contribution in [2.75, 3.05) is 0 Å². The lowest BCUT2D eigenvalue weighted by molar-refractivity contribution is 1.27. The van der Waals surface area contributed by atoms with Crippen molar-refractivity contribution < 1.29 is 0 Å². The standard InChI is InChI=1S/C64H62N4Si4/c1-69(2,3)41-37-45-13-21-49(22-14-45)61-53-29-31-55(65-53)62(50-23-15-46(16-24-50)38-42-70(4,5)6)57-33-35-59(67-57)64(52-27-19-48(20-28-52)40-44-72(10,11)12)60-36-34-58(68-60)63(56-32-30-54(61)66-56)51-25-17-47(18-26-51)39-43-71(7,8)9/h13-36,65-66H,1-12H3. The van der Waals surface area contributed by atoms with Crippen molar-refractivity contribution >= 4 is 78.7 Å². The van der Waals surface area contributed by atoms with E-state index in [2.05, 4.69) is 280 Å². The highest BCUT2D eigenvalue weighted by Crippen LogP contribution is 2.39. The van der Waals surface area contributed by atoms with Crippen LogP contribution in [-0.2, 0) is 0 Å². The Bertz CT molecular complexity index is 3580. The molecule has 7 aromatic rings. The molecule has 0 aliphatic carbocycles. The van der Waals surface area contributed by atoms with E-state index in [-0.39, 0.29) is 0 Å². The highest BCUT2D eigenvalue weighted by Gasteiger charge is 2.20. The van der Waals surface area contributed by atoms with Gasteiger partial charge in [0.05, 0.1) is 22.8 Å². The van der Waals surface area contributed by atoms with Gasteiger partial charge in [-0.25, -0.2) is 9.97 Å². The molecule has 9 rings (SSSR count). The molecule has 5 heterocycles. The van der Waals surface area contributed by atoms with E-state index in [0.717, 1.165) is 112 Å². The Hall–Kier alpha value is -7.41. The lowest BCUT2D eigenvalue weighted by Gasteiger charge is -2.08. The minimum Gasteiger partial charge on any atom is -0.354 e. The van der Waals surface area contributed by atoms with Crippen molar-refractivity contribution in [3.63, 3.8) is 0 Å². The van der Waals surface area contributed by atoms with Gasteiger partial charge >= 0.3 is 0 Å². The molecule has 354 valence electrons. The predicted molar refractivity (Wildman–Crippen MR) is 321 cm³/mol. The van der Waals surface area contributed by atoms with E-state index >= 15 is 0 Å². The van der Waals surface area contributed by atoms with Gasteiger partial charge < -0.3 is 9.97 Å². The molecule has 8 heteroatoms. The van der Waals surface area contributed by atoms with Gasteiger partial charge in [0.1, 0.15) is 32.3 Å². The topological polar surface area (TPSA) is 57.4 Å². The number of nitrogens with one attached hydrogen (secondary N) is 2. The molecule has 0 spiro atoms. The summed E-state index contributed by atoms with van der Waals surface area (Å²) in [6.07, 6.45) is 8.57. The molecule has 3 aromatic heterocycles.